The van der Waals surface area contributed by atoms with Crippen LogP contribution in [0.2, 0.25) is 0 Å². The van der Waals surface area contributed by atoms with Gasteiger partial charge in [-0.25, -0.2) is 0 Å². The average Bonchev–Trinajstić information content (AvgIpc) is 2.51. The van der Waals surface area contributed by atoms with Gasteiger partial charge < -0.3 is 14.5 Å². The maximum Gasteiger partial charge on any atom is 0.248 e. The summed E-state index contributed by atoms with van der Waals surface area (Å²) in [5.41, 5.74) is 0.971. The predicted molar refractivity (Wildman–Crippen MR) is 91.9 cm³/mol. The van der Waals surface area contributed by atoms with Crippen molar-refractivity contribution in [2.45, 2.75) is 39.4 Å². The van der Waals surface area contributed by atoms with Gasteiger partial charge in [-0.3, -0.25) is 9.59 Å². The molecule has 5 heteroatoms. The molecule has 2 aliphatic rings. The lowest BCUT2D eigenvalue weighted by Gasteiger charge is -2.34. The molecule has 3 heterocycles. The molecule has 0 aliphatic carbocycles. The first kappa shape index (κ1) is 15.0. The van der Waals surface area contributed by atoms with Crippen LogP contribution in [0.5, 0.6) is 11.5 Å². The number of Topliss-reactive ketones (excluding diaryl/α,β-unsaturated/α-hetero) is 1. The number of aromatic amines is 1. The Morgan fingerprint density at radius 2 is 1.88 bits per heavy atom. The standard InChI is InChI=1S/C19H19NO4/c1-9-10(2)23-18-12-7-8-19(3,4)24-17(12)11-5-6-13(21)20-15(11)14(18)16(9)22/h5-10H,1-4H3,(H,20,21)/t9-,10-/m1/s1. The van der Waals surface area contributed by atoms with Gasteiger partial charge in [-0.05, 0) is 39.0 Å². The molecule has 0 fully saturated rings. The number of aromatic nitrogens is 1. The van der Waals surface area contributed by atoms with Crippen LogP contribution in [0.25, 0.3) is 17.0 Å². The molecule has 4 rings (SSSR count). The summed E-state index contributed by atoms with van der Waals surface area (Å²) in [5.74, 6) is 0.854. The van der Waals surface area contributed by atoms with Crippen LogP contribution in [0.3, 0.4) is 0 Å². The molecule has 0 saturated carbocycles. The second-order valence-corrected chi connectivity index (χ2v) is 7.07. The third-order valence-electron chi connectivity index (χ3n) is 4.81. The van der Waals surface area contributed by atoms with Gasteiger partial charge in [-0.1, -0.05) is 6.92 Å². The number of carbonyl (C=O) groups excluding carboxylic acids is 1. The van der Waals surface area contributed by atoms with E-state index in [9.17, 15) is 9.59 Å². The highest BCUT2D eigenvalue weighted by atomic mass is 16.5. The number of fused-ring (bicyclic) bond motifs is 6. The third kappa shape index (κ3) is 2.00. The summed E-state index contributed by atoms with van der Waals surface area (Å²) in [6.45, 7) is 7.64. The molecule has 124 valence electrons. The summed E-state index contributed by atoms with van der Waals surface area (Å²) in [4.78, 5) is 27.6. The Bertz CT molecular complexity index is 967. The van der Waals surface area contributed by atoms with Crippen LogP contribution in [-0.2, 0) is 0 Å². The van der Waals surface area contributed by atoms with Gasteiger partial charge in [-0.2, -0.15) is 0 Å². The molecule has 2 atom stereocenters. The van der Waals surface area contributed by atoms with E-state index in [1.165, 1.54) is 6.07 Å². The first-order chi connectivity index (χ1) is 11.3. The fraction of sp³-hybridized carbons (Fsp3) is 0.368. The minimum atomic E-state index is -0.470. The van der Waals surface area contributed by atoms with Crippen molar-refractivity contribution in [2.75, 3.05) is 0 Å². The van der Waals surface area contributed by atoms with Gasteiger partial charge in [0.25, 0.3) is 0 Å². The molecule has 2 aliphatic heterocycles. The monoisotopic (exact) mass is 325 g/mol. The van der Waals surface area contributed by atoms with Gasteiger partial charge in [0, 0.05) is 11.5 Å². The van der Waals surface area contributed by atoms with E-state index >= 15 is 0 Å². The number of carbonyl (C=O) groups is 1. The van der Waals surface area contributed by atoms with Crippen molar-refractivity contribution < 1.29 is 14.3 Å². The normalized spacial score (nSPS) is 24.1. The highest BCUT2D eigenvalue weighted by Gasteiger charge is 2.38. The molecule has 1 aromatic carbocycles. The highest BCUT2D eigenvalue weighted by Crippen LogP contribution is 2.47. The summed E-state index contributed by atoms with van der Waals surface area (Å²) < 4.78 is 12.2. The molecule has 1 aromatic heterocycles. The fourth-order valence-corrected chi connectivity index (χ4v) is 3.29. The first-order valence-corrected chi connectivity index (χ1v) is 8.10. The van der Waals surface area contributed by atoms with Gasteiger partial charge in [0.15, 0.2) is 5.78 Å². The van der Waals surface area contributed by atoms with Crippen LogP contribution < -0.4 is 15.0 Å². The van der Waals surface area contributed by atoms with Gasteiger partial charge in [-0.15, -0.1) is 0 Å². The Morgan fingerprint density at radius 3 is 2.62 bits per heavy atom. The Morgan fingerprint density at radius 1 is 1.12 bits per heavy atom. The highest BCUT2D eigenvalue weighted by molar-refractivity contribution is 6.14. The van der Waals surface area contributed by atoms with Gasteiger partial charge >= 0.3 is 0 Å². The Hall–Kier alpha value is -2.56. The number of ketones is 1. The lowest BCUT2D eigenvalue weighted by atomic mass is 9.86. The third-order valence-corrected chi connectivity index (χ3v) is 4.81. The Kier molecular flexibility index (Phi) is 2.95. The SMILES string of the molecule is C[C@H]1Oc2c3c(c4ccc(=O)[nH]c4c2C(=O)[C@@H]1C)OC(C)(C)C=C3. The zero-order valence-corrected chi connectivity index (χ0v) is 14.1. The molecule has 0 spiro atoms. The summed E-state index contributed by atoms with van der Waals surface area (Å²) >= 11 is 0. The lowest BCUT2D eigenvalue weighted by molar-refractivity contribution is 0.0730. The topological polar surface area (TPSA) is 68.4 Å². The van der Waals surface area contributed by atoms with Crippen LogP contribution >= 0.6 is 0 Å². The number of hydrogen-bond donors (Lipinski definition) is 1. The van der Waals surface area contributed by atoms with Crippen molar-refractivity contribution in [2.24, 2.45) is 5.92 Å². The van der Waals surface area contributed by atoms with E-state index in [0.717, 1.165) is 10.9 Å². The fourth-order valence-electron chi connectivity index (χ4n) is 3.29. The second kappa shape index (κ2) is 4.72. The van der Waals surface area contributed by atoms with E-state index in [0.29, 0.717) is 22.6 Å². The Balaban J connectivity index is 2.16. The number of ether oxygens (including phenoxy) is 2. The zero-order valence-electron chi connectivity index (χ0n) is 14.1. The van der Waals surface area contributed by atoms with Crippen molar-refractivity contribution in [3.63, 3.8) is 0 Å². The minimum absolute atomic E-state index is 0.0170. The van der Waals surface area contributed by atoms with Crippen LogP contribution in [-0.4, -0.2) is 22.5 Å². The van der Waals surface area contributed by atoms with Gasteiger partial charge in [0.1, 0.15) is 23.2 Å². The van der Waals surface area contributed by atoms with Crippen molar-refractivity contribution >= 4 is 22.8 Å². The Labute approximate surface area is 139 Å². The van der Waals surface area contributed by atoms with Crippen LogP contribution in [0.4, 0.5) is 0 Å². The minimum Gasteiger partial charge on any atom is -0.488 e. The van der Waals surface area contributed by atoms with Crippen LogP contribution in [0, 0.1) is 5.92 Å². The molecule has 0 saturated heterocycles. The molecule has 2 aromatic rings. The molecular weight excluding hydrogens is 306 g/mol. The lowest BCUT2D eigenvalue weighted by Crippen LogP contribution is -2.35. The van der Waals surface area contributed by atoms with Crippen molar-refractivity contribution in [3.8, 4) is 11.5 Å². The van der Waals surface area contributed by atoms with Gasteiger partial charge in [0.2, 0.25) is 5.56 Å². The van der Waals surface area contributed by atoms with Crippen LogP contribution in [0.1, 0.15) is 43.6 Å². The number of hydrogen-bond acceptors (Lipinski definition) is 4. The number of H-pyrrole nitrogens is 1. The van der Waals surface area contributed by atoms with Crippen molar-refractivity contribution in [1.29, 1.82) is 0 Å². The smallest absolute Gasteiger partial charge is 0.248 e. The zero-order chi connectivity index (χ0) is 17.2. The van der Waals surface area contributed by atoms with Crippen LogP contribution in [0.15, 0.2) is 23.0 Å². The molecule has 24 heavy (non-hydrogen) atoms. The molecule has 0 radical (unpaired) electrons. The summed E-state index contributed by atoms with van der Waals surface area (Å²) in [6.07, 6.45) is 3.66. The summed E-state index contributed by atoms with van der Waals surface area (Å²) in [6, 6.07) is 3.16. The quantitative estimate of drug-likeness (QED) is 0.807. The molecular formula is C19H19NO4. The molecule has 0 bridgehead atoms. The first-order valence-electron chi connectivity index (χ1n) is 8.10. The van der Waals surface area contributed by atoms with E-state index in [1.807, 2.05) is 39.8 Å². The second-order valence-electron chi connectivity index (χ2n) is 7.07. The van der Waals surface area contributed by atoms with Crippen molar-refractivity contribution in [1.82, 2.24) is 4.98 Å². The molecule has 0 unspecified atom stereocenters. The number of pyridine rings is 1. The van der Waals surface area contributed by atoms with E-state index in [2.05, 4.69) is 4.98 Å². The summed E-state index contributed by atoms with van der Waals surface area (Å²) in [7, 11) is 0. The number of nitrogens with one attached hydrogen (secondary N) is 1. The molecule has 1 N–H and O–H groups in total. The maximum absolute atomic E-state index is 12.9. The maximum atomic E-state index is 12.9. The van der Waals surface area contributed by atoms with E-state index in [4.69, 9.17) is 9.47 Å². The predicted octanol–water partition coefficient (Wildman–Crippen LogP) is 3.31. The number of benzene rings is 1. The van der Waals surface area contributed by atoms with E-state index in [1.54, 1.807) is 6.07 Å². The largest absolute Gasteiger partial charge is 0.488 e. The van der Waals surface area contributed by atoms with E-state index in [-0.39, 0.29) is 23.4 Å². The number of rotatable bonds is 0. The molecule has 5 nitrogen and oxygen atoms in total. The average molecular weight is 325 g/mol. The van der Waals surface area contributed by atoms with E-state index < -0.39 is 5.60 Å². The molecule has 0 amide bonds. The summed E-state index contributed by atoms with van der Waals surface area (Å²) in [5, 5.41) is 0.722. The van der Waals surface area contributed by atoms with Crippen molar-refractivity contribution in [3.05, 3.63) is 39.7 Å². The van der Waals surface area contributed by atoms with Gasteiger partial charge in [0.05, 0.1) is 22.6 Å².